The fraction of sp³-hybridized carbons (Fsp3) is 0.385. The van der Waals surface area contributed by atoms with Crippen LogP contribution in [0.5, 0.6) is 5.75 Å². The van der Waals surface area contributed by atoms with Crippen LogP contribution in [-0.2, 0) is 15.6 Å². The number of aliphatic carboxylic acids is 1. The summed E-state index contributed by atoms with van der Waals surface area (Å²) in [6.07, 6.45) is 0. The molecule has 2 N–H and O–H groups in total. The molecule has 1 heterocycles. The lowest BCUT2D eigenvalue weighted by atomic mass is 10.3. The van der Waals surface area contributed by atoms with Gasteiger partial charge in [0.2, 0.25) is 0 Å². The minimum atomic E-state index is -1.06. The summed E-state index contributed by atoms with van der Waals surface area (Å²) in [5.41, 5.74) is 0.523. The van der Waals surface area contributed by atoms with Crippen molar-refractivity contribution >= 4 is 28.5 Å². The SMILES string of the molecule is O=C(O)COc1cccc(NC(=O)N2CCS(=O)CC2)c1. The molecule has 1 saturated heterocycles. The fourth-order valence-corrected chi connectivity index (χ4v) is 2.90. The fourth-order valence-electron chi connectivity index (χ4n) is 1.85. The Labute approximate surface area is 124 Å². The highest BCUT2D eigenvalue weighted by Gasteiger charge is 2.20. The zero-order valence-corrected chi connectivity index (χ0v) is 12.1. The van der Waals surface area contributed by atoms with Crippen LogP contribution in [-0.4, -0.2) is 57.4 Å². The van der Waals surface area contributed by atoms with Crippen molar-refractivity contribution in [2.24, 2.45) is 0 Å². The number of hydrogen-bond donors (Lipinski definition) is 2. The first kappa shape index (κ1) is 15.3. The molecule has 1 aliphatic rings. The van der Waals surface area contributed by atoms with E-state index in [0.717, 1.165) is 0 Å². The van der Waals surface area contributed by atoms with Crippen molar-refractivity contribution in [2.75, 3.05) is 36.5 Å². The topological polar surface area (TPSA) is 95.9 Å². The first-order valence-electron chi connectivity index (χ1n) is 6.40. The van der Waals surface area contributed by atoms with Crippen LogP contribution in [0.2, 0.25) is 0 Å². The minimum absolute atomic E-state index is 0.262. The molecule has 0 unspecified atom stereocenters. The summed E-state index contributed by atoms with van der Waals surface area (Å²) < 4.78 is 16.3. The van der Waals surface area contributed by atoms with Gasteiger partial charge in [-0.25, -0.2) is 9.59 Å². The van der Waals surface area contributed by atoms with Gasteiger partial charge in [-0.2, -0.15) is 0 Å². The van der Waals surface area contributed by atoms with E-state index in [2.05, 4.69) is 5.32 Å². The normalized spacial score (nSPS) is 15.5. The van der Waals surface area contributed by atoms with E-state index < -0.39 is 23.4 Å². The highest BCUT2D eigenvalue weighted by atomic mass is 32.2. The van der Waals surface area contributed by atoms with E-state index in [1.165, 1.54) is 0 Å². The molecule has 1 aromatic rings. The highest BCUT2D eigenvalue weighted by molar-refractivity contribution is 7.85. The Morgan fingerprint density at radius 1 is 1.33 bits per heavy atom. The van der Waals surface area contributed by atoms with Crippen LogP contribution in [0.3, 0.4) is 0 Å². The number of carbonyl (C=O) groups excluding carboxylic acids is 1. The van der Waals surface area contributed by atoms with Crippen LogP contribution < -0.4 is 10.1 Å². The maximum Gasteiger partial charge on any atom is 0.341 e. The van der Waals surface area contributed by atoms with Gasteiger partial charge in [0, 0.05) is 47.1 Å². The Bertz CT molecular complexity index is 553. The molecule has 0 saturated carbocycles. The van der Waals surface area contributed by atoms with Crippen molar-refractivity contribution in [1.29, 1.82) is 0 Å². The van der Waals surface area contributed by atoms with Gasteiger partial charge in [0.25, 0.3) is 0 Å². The van der Waals surface area contributed by atoms with E-state index in [0.29, 0.717) is 36.0 Å². The largest absolute Gasteiger partial charge is 0.482 e. The number of benzene rings is 1. The molecule has 2 rings (SSSR count). The minimum Gasteiger partial charge on any atom is -0.482 e. The molecule has 1 fully saturated rings. The molecule has 0 bridgehead atoms. The van der Waals surface area contributed by atoms with Crippen LogP contribution in [0, 0.1) is 0 Å². The first-order valence-corrected chi connectivity index (χ1v) is 7.89. The van der Waals surface area contributed by atoms with Crippen LogP contribution in [0.1, 0.15) is 0 Å². The number of carboxylic acid groups (broad SMARTS) is 1. The smallest absolute Gasteiger partial charge is 0.341 e. The lowest BCUT2D eigenvalue weighted by molar-refractivity contribution is -0.139. The number of ether oxygens (including phenoxy) is 1. The maximum atomic E-state index is 12.0. The molecule has 0 aliphatic carbocycles. The molecule has 1 aromatic carbocycles. The molecule has 114 valence electrons. The molecule has 0 spiro atoms. The molecule has 7 nitrogen and oxygen atoms in total. The average Bonchev–Trinajstić information content (AvgIpc) is 2.46. The van der Waals surface area contributed by atoms with Crippen molar-refractivity contribution in [3.05, 3.63) is 24.3 Å². The van der Waals surface area contributed by atoms with E-state index in [-0.39, 0.29) is 6.03 Å². The second-order valence-corrected chi connectivity index (χ2v) is 6.17. The number of rotatable bonds is 4. The van der Waals surface area contributed by atoms with Crippen LogP contribution in [0.15, 0.2) is 24.3 Å². The van der Waals surface area contributed by atoms with Gasteiger partial charge >= 0.3 is 12.0 Å². The number of anilines is 1. The lowest BCUT2D eigenvalue weighted by Gasteiger charge is -2.26. The zero-order chi connectivity index (χ0) is 15.2. The summed E-state index contributed by atoms with van der Waals surface area (Å²) in [6.45, 7) is 0.497. The van der Waals surface area contributed by atoms with E-state index in [1.807, 2.05) is 0 Å². The summed E-state index contributed by atoms with van der Waals surface area (Å²) in [5, 5.41) is 11.3. The number of amides is 2. The third kappa shape index (κ3) is 4.75. The number of carbonyl (C=O) groups is 2. The summed E-state index contributed by atoms with van der Waals surface area (Å²) in [7, 11) is -0.832. The Hall–Kier alpha value is -2.09. The molecule has 21 heavy (non-hydrogen) atoms. The highest BCUT2D eigenvalue weighted by Crippen LogP contribution is 2.18. The number of carboxylic acids is 1. The van der Waals surface area contributed by atoms with Gasteiger partial charge in [0.05, 0.1) is 0 Å². The van der Waals surface area contributed by atoms with Crippen LogP contribution in [0.25, 0.3) is 0 Å². The maximum absolute atomic E-state index is 12.0. The van der Waals surface area contributed by atoms with Crippen molar-refractivity contribution in [1.82, 2.24) is 4.90 Å². The van der Waals surface area contributed by atoms with Crippen molar-refractivity contribution < 1.29 is 23.6 Å². The Morgan fingerprint density at radius 2 is 2.05 bits per heavy atom. The summed E-state index contributed by atoms with van der Waals surface area (Å²) in [5.74, 6) is 0.297. The van der Waals surface area contributed by atoms with Crippen molar-refractivity contribution in [3.8, 4) is 5.75 Å². The lowest BCUT2D eigenvalue weighted by Crippen LogP contribution is -2.43. The summed E-state index contributed by atoms with van der Waals surface area (Å²) in [6, 6.07) is 6.26. The van der Waals surface area contributed by atoms with E-state index >= 15 is 0 Å². The van der Waals surface area contributed by atoms with E-state index in [1.54, 1.807) is 29.2 Å². The third-order valence-corrected chi connectivity index (χ3v) is 4.19. The van der Waals surface area contributed by atoms with Gasteiger partial charge in [-0.1, -0.05) is 6.07 Å². The summed E-state index contributed by atoms with van der Waals surface area (Å²) >= 11 is 0. The average molecular weight is 312 g/mol. The molecule has 0 radical (unpaired) electrons. The van der Waals surface area contributed by atoms with Gasteiger partial charge < -0.3 is 20.1 Å². The first-order chi connectivity index (χ1) is 10.0. The third-order valence-electron chi connectivity index (χ3n) is 2.91. The van der Waals surface area contributed by atoms with Crippen LogP contribution >= 0.6 is 0 Å². The standard InChI is InChI=1S/C13H16N2O5S/c16-12(17)9-20-11-3-1-2-10(8-11)14-13(18)15-4-6-21(19)7-5-15/h1-3,8H,4-7,9H2,(H,14,18)(H,16,17). The summed E-state index contributed by atoms with van der Waals surface area (Å²) in [4.78, 5) is 24.1. The molecule has 8 heteroatoms. The van der Waals surface area contributed by atoms with E-state index in [4.69, 9.17) is 9.84 Å². The van der Waals surface area contributed by atoms with Gasteiger partial charge in [-0.05, 0) is 12.1 Å². The molecule has 2 amide bonds. The van der Waals surface area contributed by atoms with Gasteiger partial charge in [0.1, 0.15) is 5.75 Å². The van der Waals surface area contributed by atoms with Crippen molar-refractivity contribution in [2.45, 2.75) is 0 Å². The number of nitrogens with zero attached hydrogens (tertiary/aromatic N) is 1. The molecule has 0 atom stereocenters. The second-order valence-electron chi connectivity index (χ2n) is 4.48. The molecular formula is C13H16N2O5S. The molecule has 1 aliphatic heterocycles. The molecular weight excluding hydrogens is 296 g/mol. The Balaban J connectivity index is 1.92. The quantitative estimate of drug-likeness (QED) is 0.855. The predicted molar refractivity (Wildman–Crippen MR) is 78.0 cm³/mol. The predicted octanol–water partition coefficient (Wildman–Crippen LogP) is 0.746. The van der Waals surface area contributed by atoms with Gasteiger partial charge in [-0.15, -0.1) is 0 Å². The monoisotopic (exact) mass is 312 g/mol. The second kappa shape index (κ2) is 7.07. The Morgan fingerprint density at radius 3 is 2.71 bits per heavy atom. The van der Waals surface area contributed by atoms with Crippen molar-refractivity contribution in [3.63, 3.8) is 0 Å². The molecule has 0 aromatic heterocycles. The number of hydrogen-bond acceptors (Lipinski definition) is 4. The van der Waals surface area contributed by atoms with E-state index in [9.17, 15) is 13.8 Å². The number of nitrogens with one attached hydrogen (secondary N) is 1. The van der Waals surface area contributed by atoms with Gasteiger partial charge in [-0.3, -0.25) is 4.21 Å². The Kier molecular flexibility index (Phi) is 5.15. The van der Waals surface area contributed by atoms with Gasteiger partial charge in [0.15, 0.2) is 6.61 Å². The van der Waals surface area contributed by atoms with Crippen LogP contribution in [0.4, 0.5) is 10.5 Å². The zero-order valence-electron chi connectivity index (χ0n) is 11.3. The number of urea groups is 1.